The van der Waals surface area contributed by atoms with Gasteiger partial charge in [0.25, 0.3) is 5.91 Å². The normalized spacial score (nSPS) is 10.5. The number of carbonyl (C=O) groups is 1. The number of amides is 1. The second-order valence-electron chi connectivity index (χ2n) is 7.46. The van der Waals surface area contributed by atoms with Crippen molar-refractivity contribution in [2.24, 2.45) is 0 Å². The van der Waals surface area contributed by atoms with Crippen molar-refractivity contribution in [3.63, 3.8) is 0 Å². The molecule has 0 fully saturated rings. The number of hydrogen-bond acceptors (Lipinski definition) is 2. The molecule has 1 amide bonds. The fraction of sp³-hybridized carbons (Fsp3) is 0.192. The summed E-state index contributed by atoms with van der Waals surface area (Å²) >= 11 is 3.63. The maximum absolute atomic E-state index is 13.5. The lowest BCUT2D eigenvalue weighted by Crippen LogP contribution is -2.32. The number of halogens is 1. The van der Waals surface area contributed by atoms with Crippen molar-refractivity contribution in [1.29, 1.82) is 0 Å². The molecule has 0 saturated heterocycles. The van der Waals surface area contributed by atoms with E-state index in [1.165, 1.54) is 5.56 Å². The van der Waals surface area contributed by atoms with Crippen molar-refractivity contribution >= 4 is 27.5 Å². The number of rotatable bonds is 7. The lowest BCUT2D eigenvalue weighted by molar-refractivity contribution is -0.115. The van der Waals surface area contributed by atoms with Gasteiger partial charge in [-0.1, -0.05) is 54.6 Å². The first-order valence-corrected chi connectivity index (χ1v) is 10.6. The third-order valence-corrected chi connectivity index (χ3v) is 5.61. The molecule has 0 aromatic heterocycles. The van der Waals surface area contributed by atoms with Crippen LogP contribution in [0, 0.1) is 13.8 Å². The van der Waals surface area contributed by atoms with Crippen LogP contribution in [0.2, 0.25) is 0 Å². The van der Waals surface area contributed by atoms with Gasteiger partial charge in [-0.2, -0.15) is 0 Å². The van der Waals surface area contributed by atoms with Gasteiger partial charge in [0.1, 0.15) is 5.75 Å². The van der Waals surface area contributed by atoms with Crippen LogP contribution in [0.15, 0.2) is 83.4 Å². The van der Waals surface area contributed by atoms with Crippen LogP contribution in [0.4, 0.5) is 5.69 Å². The zero-order chi connectivity index (χ0) is 21.7. The quantitative estimate of drug-likeness (QED) is 0.379. The van der Waals surface area contributed by atoms with Crippen LogP contribution in [0.1, 0.15) is 22.3 Å². The largest absolute Gasteiger partial charge is 0.497 e. The summed E-state index contributed by atoms with van der Waals surface area (Å²) < 4.78 is 6.13. The van der Waals surface area contributed by atoms with E-state index in [0.29, 0.717) is 18.5 Å². The number of carbonyl (C=O) groups excluding carboxylic acids is 1. The van der Waals surface area contributed by atoms with E-state index >= 15 is 0 Å². The molecule has 0 aliphatic carbocycles. The van der Waals surface area contributed by atoms with Gasteiger partial charge in [-0.05, 0) is 70.7 Å². The highest BCUT2D eigenvalue weighted by Crippen LogP contribution is 2.30. The molecule has 3 aromatic rings. The SMILES string of the molecule is C=C(Cc1ccc(C)cc1)C(=O)N(Cc1ccc(OC)cc1)c1ccc(C)cc1Br. The molecule has 0 spiro atoms. The van der Waals surface area contributed by atoms with Crippen molar-refractivity contribution in [1.82, 2.24) is 0 Å². The van der Waals surface area contributed by atoms with Gasteiger partial charge >= 0.3 is 0 Å². The number of methoxy groups -OCH3 is 1. The summed E-state index contributed by atoms with van der Waals surface area (Å²) in [4.78, 5) is 15.2. The Bertz CT molecular complexity index is 1040. The molecule has 3 rings (SSSR count). The lowest BCUT2D eigenvalue weighted by atomic mass is 10.0. The minimum absolute atomic E-state index is 0.0871. The summed E-state index contributed by atoms with van der Waals surface area (Å²) in [5.41, 5.74) is 5.79. The van der Waals surface area contributed by atoms with E-state index in [2.05, 4.69) is 41.6 Å². The monoisotopic (exact) mass is 463 g/mol. The average molecular weight is 464 g/mol. The van der Waals surface area contributed by atoms with Crippen molar-refractivity contribution in [3.05, 3.63) is 106 Å². The summed E-state index contributed by atoms with van der Waals surface area (Å²) in [5.74, 6) is 0.702. The molecule has 0 bridgehead atoms. The van der Waals surface area contributed by atoms with Gasteiger partial charge < -0.3 is 9.64 Å². The first-order chi connectivity index (χ1) is 14.4. The molecular formula is C26H26BrNO2. The van der Waals surface area contributed by atoms with Gasteiger partial charge in [-0.25, -0.2) is 0 Å². The maximum atomic E-state index is 13.5. The molecule has 3 aromatic carbocycles. The second-order valence-corrected chi connectivity index (χ2v) is 8.31. The summed E-state index contributed by atoms with van der Waals surface area (Å²) in [5, 5.41) is 0. The Balaban J connectivity index is 1.89. The Kier molecular flexibility index (Phi) is 7.11. The summed E-state index contributed by atoms with van der Waals surface area (Å²) in [7, 11) is 1.64. The van der Waals surface area contributed by atoms with Gasteiger partial charge in [0.05, 0.1) is 19.3 Å². The summed E-state index contributed by atoms with van der Waals surface area (Å²) in [6.07, 6.45) is 0.516. The minimum Gasteiger partial charge on any atom is -0.497 e. The second kappa shape index (κ2) is 9.77. The van der Waals surface area contributed by atoms with Gasteiger partial charge in [-0.3, -0.25) is 4.79 Å². The van der Waals surface area contributed by atoms with E-state index < -0.39 is 0 Å². The van der Waals surface area contributed by atoms with Crippen molar-refractivity contribution < 1.29 is 9.53 Å². The van der Waals surface area contributed by atoms with Crippen LogP contribution in [0.5, 0.6) is 5.75 Å². The molecule has 0 aliphatic heterocycles. The van der Waals surface area contributed by atoms with Crippen molar-refractivity contribution in [2.75, 3.05) is 12.0 Å². The molecule has 0 radical (unpaired) electrons. The van der Waals surface area contributed by atoms with E-state index in [-0.39, 0.29) is 5.91 Å². The molecule has 0 aliphatic rings. The highest BCUT2D eigenvalue weighted by molar-refractivity contribution is 9.10. The Hall–Kier alpha value is -2.85. The highest BCUT2D eigenvalue weighted by atomic mass is 79.9. The number of ether oxygens (including phenoxy) is 1. The topological polar surface area (TPSA) is 29.5 Å². The van der Waals surface area contributed by atoms with Crippen LogP contribution < -0.4 is 9.64 Å². The molecule has 3 nitrogen and oxygen atoms in total. The van der Waals surface area contributed by atoms with Gasteiger partial charge in [0.2, 0.25) is 0 Å². The fourth-order valence-corrected chi connectivity index (χ4v) is 3.94. The molecular weight excluding hydrogens is 438 g/mol. The fourth-order valence-electron chi connectivity index (χ4n) is 3.23. The van der Waals surface area contributed by atoms with Crippen LogP contribution >= 0.6 is 15.9 Å². The van der Waals surface area contributed by atoms with Crippen LogP contribution in [-0.4, -0.2) is 13.0 Å². The van der Waals surface area contributed by atoms with Gasteiger partial charge in [-0.15, -0.1) is 0 Å². The number of aryl methyl sites for hydroxylation is 2. The molecule has 30 heavy (non-hydrogen) atoms. The Morgan fingerprint density at radius 2 is 1.53 bits per heavy atom. The zero-order valence-corrected chi connectivity index (χ0v) is 19.2. The highest BCUT2D eigenvalue weighted by Gasteiger charge is 2.21. The first kappa shape index (κ1) is 21.8. The Morgan fingerprint density at radius 3 is 2.13 bits per heavy atom. The molecule has 0 saturated carbocycles. The van der Waals surface area contributed by atoms with Gasteiger partial charge in [0, 0.05) is 16.5 Å². The van der Waals surface area contributed by atoms with E-state index in [9.17, 15) is 4.79 Å². The summed E-state index contributed by atoms with van der Waals surface area (Å²) in [6.45, 7) is 8.63. The third-order valence-electron chi connectivity index (χ3n) is 4.98. The van der Waals surface area contributed by atoms with E-state index in [1.807, 2.05) is 61.5 Å². The van der Waals surface area contributed by atoms with Crippen molar-refractivity contribution in [3.8, 4) is 5.75 Å². The molecule has 0 N–H and O–H groups in total. The number of nitrogens with zero attached hydrogens (tertiary/aromatic N) is 1. The first-order valence-electron chi connectivity index (χ1n) is 9.81. The third kappa shape index (κ3) is 5.39. The molecule has 0 atom stereocenters. The molecule has 0 unspecified atom stereocenters. The van der Waals surface area contributed by atoms with E-state index in [0.717, 1.165) is 32.6 Å². The maximum Gasteiger partial charge on any atom is 0.254 e. The molecule has 154 valence electrons. The zero-order valence-electron chi connectivity index (χ0n) is 17.6. The van der Waals surface area contributed by atoms with E-state index in [1.54, 1.807) is 12.0 Å². The van der Waals surface area contributed by atoms with Crippen LogP contribution in [0.25, 0.3) is 0 Å². The number of anilines is 1. The van der Waals surface area contributed by atoms with Crippen molar-refractivity contribution in [2.45, 2.75) is 26.8 Å². The predicted octanol–water partition coefficient (Wildman–Crippen LogP) is 6.41. The lowest BCUT2D eigenvalue weighted by Gasteiger charge is -2.25. The minimum atomic E-state index is -0.0871. The summed E-state index contributed by atoms with van der Waals surface area (Å²) in [6, 6.07) is 22.0. The number of hydrogen-bond donors (Lipinski definition) is 0. The predicted molar refractivity (Wildman–Crippen MR) is 127 cm³/mol. The Morgan fingerprint density at radius 1 is 0.933 bits per heavy atom. The standard InChI is InChI=1S/C26H26BrNO2/c1-18-5-8-21(9-6-18)16-20(3)26(29)28(25-14-7-19(2)15-24(25)27)17-22-10-12-23(30-4)13-11-22/h5-15H,3,16-17H2,1-2,4H3. The van der Waals surface area contributed by atoms with E-state index in [4.69, 9.17) is 4.74 Å². The van der Waals surface area contributed by atoms with Crippen LogP contribution in [-0.2, 0) is 17.8 Å². The molecule has 4 heteroatoms. The molecule has 0 heterocycles. The average Bonchev–Trinajstić information content (AvgIpc) is 2.74. The van der Waals surface area contributed by atoms with Crippen LogP contribution in [0.3, 0.4) is 0 Å². The van der Waals surface area contributed by atoms with Gasteiger partial charge in [0.15, 0.2) is 0 Å². The number of benzene rings is 3. The smallest absolute Gasteiger partial charge is 0.254 e. The Labute approximate surface area is 187 Å².